The third-order valence-electron chi connectivity index (χ3n) is 2.13. The summed E-state index contributed by atoms with van der Waals surface area (Å²) in [6.45, 7) is 0. The number of amides is 1. The number of fused-ring (bicyclic) bond motifs is 1. The molecule has 0 bridgehead atoms. The molecule has 0 aliphatic heterocycles. The van der Waals surface area contributed by atoms with Crippen molar-refractivity contribution in [1.82, 2.24) is 4.98 Å². The van der Waals surface area contributed by atoms with Crippen LogP contribution in [0.3, 0.4) is 0 Å². The van der Waals surface area contributed by atoms with Gasteiger partial charge in [-0.05, 0) is 24.5 Å². The van der Waals surface area contributed by atoms with Crippen molar-refractivity contribution in [3.8, 4) is 0 Å². The summed E-state index contributed by atoms with van der Waals surface area (Å²) in [5, 5.41) is 1.02. The molecule has 2 aromatic rings. The van der Waals surface area contributed by atoms with E-state index >= 15 is 0 Å². The van der Waals surface area contributed by atoms with Crippen LogP contribution in [0.4, 0.5) is 0 Å². The van der Waals surface area contributed by atoms with Crippen LogP contribution in [0.15, 0.2) is 29.3 Å². The summed E-state index contributed by atoms with van der Waals surface area (Å²) >= 11 is 1.60. The molecule has 1 aromatic heterocycles. The topological polar surface area (TPSA) is 58.9 Å². The van der Waals surface area contributed by atoms with Gasteiger partial charge in [0.1, 0.15) is 0 Å². The number of aromatic nitrogens is 1. The van der Waals surface area contributed by atoms with Gasteiger partial charge < -0.3 is 10.7 Å². The molecule has 1 aromatic carbocycles. The number of nitrogens with two attached hydrogens (primary N) is 1. The number of thioether (sulfide) groups is 1. The van der Waals surface area contributed by atoms with Crippen LogP contribution in [-0.2, 0) is 0 Å². The molecule has 0 saturated heterocycles. The van der Waals surface area contributed by atoms with Gasteiger partial charge in [0, 0.05) is 16.5 Å². The summed E-state index contributed by atoms with van der Waals surface area (Å²) in [7, 11) is 0. The Balaban J connectivity index is 2.76. The molecule has 4 heteroatoms. The average molecular weight is 206 g/mol. The molecule has 0 unspecified atom stereocenters. The van der Waals surface area contributed by atoms with Crippen molar-refractivity contribution in [3.05, 3.63) is 30.0 Å². The van der Waals surface area contributed by atoms with E-state index in [9.17, 15) is 4.79 Å². The Kier molecular flexibility index (Phi) is 2.21. The van der Waals surface area contributed by atoms with Gasteiger partial charge in [0.05, 0.1) is 11.1 Å². The fraction of sp³-hybridized carbons (Fsp3) is 0.100. The van der Waals surface area contributed by atoms with Crippen LogP contribution >= 0.6 is 11.8 Å². The zero-order valence-electron chi connectivity index (χ0n) is 7.70. The number of carbonyl (C=O) groups is 1. The first-order valence-electron chi connectivity index (χ1n) is 4.17. The molecular weight excluding hydrogens is 196 g/mol. The van der Waals surface area contributed by atoms with Crippen molar-refractivity contribution in [1.29, 1.82) is 0 Å². The molecule has 2 rings (SSSR count). The summed E-state index contributed by atoms with van der Waals surface area (Å²) < 4.78 is 0. The zero-order valence-corrected chi connectivity index (χ0v) is 8.52. The molecule has 0 atom stereocenters. The maximum Gasteiger partial charge on any atom is 0.250 e. The van der Waals surface area contributed by atoms with Gasteiger partial charge >= 0.3 is 0 Å². The summed E-state index contributed by atoms with van der Waals surface area (Å²) in [5.74, 6) is -0.395. The predicted octanol–water partition coefficient (Wildman–Crippen LogP) is 1.99. The van der Waals surface area contributed by atoms with Crippen LogP contribution < -0.4 is 5.73 Å². The van der Waals surface area contributed by atoms with E-state index in [0.29, 0.717) is 5.56 Å². The Hall–Kier alpha value is -1.42. The van der Waals surface area contributed by atoms with Crippen LogP contribution in [0.1, 0.15) is 10.4 Å². The number of H-pyrrole nitrogens is 1. The highest BCUT2D eigenvalue weighted by atomic mass is 32.2. The molecular formula is C10H10N2OS. The van der Waals surface area contributed by atoms with Gasteiger partial charge in [-0.25, -0.2) is 0 Å². The second kappa shape index (κ2) is 3.38. The lowest BCUT2D eigenvalue weighted by molar-refractivity contribution is 0.100. The van der Waals surface area contributed by atoms with Crippen LogP contribution in [0.5, 0.6) is 0 Å². The molecule has 1 heterocycles. The Morgan fingerprint density at radius 3 is 2.93 bits per heavy atom. The lowest BCUT2D eigenvalue weighted by Crippen LogP contribution is -2.11. The first kappa shape index (κ1) is 9.15. The Labute approximate surface area is 85.7 Å². The van der Waals surface area contributed by atoms with Crippen LogP contribution in [0.2, 0.25) is 0 Å². The van der Waals surface area contributed by atoms with Gasteiger partial charge in [0.2, 0.25) is 0 Å². The molecule has 72 valence electrons. The zero-order chi connectivity index (χ0) is 10.1. The molecule has 14 heavy (non-hydrogen) atoms. The van der Waals surface area contributed by atoms with Crippen LogP contribution in [0.25, 0.3) is 10.9 Å². The fourth-order valence-electron chi connectivity index (χ4n) is 1.46. The van der Waals surface area contributed by atoms with Crippen molar-refractivity contribution in [2.75, 3.05) is 6.26 Å². The normalized spacial score (nSPS) is 10.6. The van der Waals surface area contributed by atoms with Gasteiger partial charge in [0.15, 0.2) is 0 Å². The summed E-state index contributed by atoms with van der Waals surface area (Å²) in [4.78, 5) is 15.2. The van der Waals surface area contributed by atoms with Crippen molar-refractivity contribution in [3.63, 3.8) is 0 Å². The predicted molar refractivity (Wildman–Crippen MR) is 58.6 cm³/mol. The van der Waals surface area contributed by atoms with E-state index in [1.54, 1.807) is 18.0 Å². The summed E-state index contributed by atoms with van der Waals surface area (Å²) in [6.07, 6.45) is 3.78. The van der Waals surface area contributed by atoms with E-state index in [0.717, 1.165) is 15.8 Å². The van der Waals surface area contributed by atoms with Gasteiger partial charge in [-0.1, -0.05) is 0 Å². The smallest absolute Gasteiger partial charge is 0.250 e. The summed E-state index contributed by atoms with van der Waals surface area (Å²) in [6, 6.07) is 5.77. The molecule has 0 aliphatic carbocycles. The number of primary amides is 1. The van der Waals surface area contributed by atoms with E-state index in [-0.39, 0.29) is 0 Å². The van der Waals surface area contributed by atoms with E-state index in [1.807, 2.05) is 24.5 Å². The molecule has 0 aliphatic rings. The number of rotatable bonds is 2. The van der Waals surface area contributed by atoms with E-state index in [4.69, 9.17) is 5.73 Å². The first-order chi connectivity index (χ1) is 6.72. The molecule has 1 amide bonds. The minimum absolute atomic E-state index is 0.395. The van der Waals surface area contributed by atoms with Crippen molar-refractivity contribution in [2.24, 2.45) is 5.73 Å². The van der Waals surface area contributed by atoms with Gasteiger partial charge in [-0.15, -0.1) is 11.8 Å². The average Bonchev–Trinajstić information content (AvgIpc) is 2.63. The van der Waals surface area contributed by atoms with E-state index in [2.05, 4.69) is 4.98 Å². The number of hydrogen-bond acceptors (Lipinski definition) is 2. The molecule has 0 fully saturated rings. The van der Waals surface area contributed by atoms with Gasteiger partial charge in [-0.2, -0.15) is 0 Å². The van der Waals surface area contributed by atoms with E-state index < -0.39 is 5.91 Å². The molecule has 3 N–H and O–H groups in total. The van der Waals surface area contributed by atoms with Gasteiger partial charge in [-0.3, -0.25) is 4.79 Å². The summed E-state index contributed by atoms with van der Waals surface area (Å²) in [5.41, 5.74) is 6.66. The number of hydrogen-bond donors (Lipinski definition) is 2. The lowest BCUT2D eigenvalue weighted by Gasteiger charge is -2.02. The van der Waals surface area contributed by atoms with Crippen molar-refractivity contribution < 1.29 is 4.79 Å². The Bertz CT molecular complexity index is 490. The van der Waals surface area contributed by atoms with Crippen LogP contribution in [0, 0.1) is 0 Å². The Morgan fingerprint density at radius 2 is 2.29 bits per heavy atom. The highest BCUT2D eigenvalue weighted by molar-refractivity contribution is 7.98. The van der Waals surface area contributed by atoms with Crippen LogP contribution in [-0.4, -0.2) is 17.1 Å². The SMILES string of the molecule is CSc1cc(C(N)=O)c2[nH]ccc2c1. The molecule has 0 spiro atoms. The third kappa shape index (κ3) is 1.37. The Morgan fingerprint density at radius 1 is 1.50 bits per heavy atom. The highest BCUT2D eigenvalue weighted by Crippen LogP contribution is 2.24. The van der Waals surface area contributed by atoms with E-state index in [1.165, 1.54) is 0 Å². The second-order valence-electron chi connectivity index (χ2n) is 2.98. The lowest BCUT2D eigenvalue weighted by atomic mass is 10.1. The maximum absolute atomic E-state index is 11.2. The van der Waals surface area contributed by atoms with Crippen molar-refractivity contribution in [2.45, 2.75) is 4.90 Å². The van der Waals surface area contributed by atoms with Crippen molar-refractivity contribution >= 4 is 28.6 Å². The first-order valence-corrected chi connectivity index (χ1v) is 5.40. The molecule has 0 saturated carbocycles. The largest absolute Gasteiger partial charge is 0.366 e. The highest BCUT2D eigenvalue weighted by Gasteiger charge is 2.08. The van der Waals surface area contributed by atoms with Gasteiger partial charge in [0.25, 0.3) is 5.91 Å². The molecule has 0 radical (unpaired) electrons. The maximum atomic E-state index is 11.2. The molecule has 3 nitrogen and oxygen atoms in total. The third-order valence-corrected chi connectivity index (χ3v) is 2.84. The monoisotopic (exact) mass is 206 g/mol. The minimum Gasteiger partial charge on any atom is -0.366 e. The quantitative estimate of drug-likeness (QED) is 0.738. The standard InChI is InChI=1S/C10H10N2OS/c1-14-7-4-6-2-3-12-9(6)8(5-7)10(11)13/h2-5,12H,1H3,(H2,11,13). The minimum atomic E-state index is -0.395. The fourth-order valence-corrected chi connectivity index (χ4v) is 1.94. The number of aromatic amines is 1. The number of nitrogens with one attached hydrogen (secondary N) is 1. The second-order valence-corrected chi connectivity index (χ2v) is 3.86. The number of benzene rings is 1. The number of carbonyl (C=O) groups excluding carboxylic acids is 1.